The van der Waals surface area contributed by atoms with Crippen molar-refractivity contribution >= 4 is 33.2 Å². The Hall–Kier alpha value is -3.20. The zero-order valence-electron chi connectivity index (χ0n) is 15.5. The van der Waals surface area contributed by atoms with Crippen LogP contribution < -0.4 is 17.0 Å². The van der Waals surface area contributed by atoms with Gasteiger partial charge < -0.3 is 5.73 Å². The van der Waals surface area contributed by atoms with Gasteiger partial charge in [-0.3, -0.25) is 14.2 Å². The standard InChI is InChI=1S/C19H19N5O3S/c1-11(2)13-5-3-12(4-6-13)9-22-17(26)16-14(7-8-28-16)24-18(22)21-23(19(24)27)10-15(20)25/h3-8,11H,9-10H2,1-2H3,(H2,20,25). The molecule has 1 aromatic carbocycles. The number of rotatable bonds is 5. The third kappa shape index (κ3) is 2.93. The molecule has 0 fully saturated rings. The maximum Gasteiger partial charge on any atom is 0.352 e. The first-order chi connectivity index (χ1) is 13.4. The van der Waals surface area contributed by atoms with Crippen LogP contribution >= 0.6 is 11.3 Å². The van der Waals surface area contributed by atoms with Crippen molar-refractivity contribution in [1.82, 2.24) is 18.7 Å². The average molecular weight is 397 g/mol. The first-order valence-corrected chi connectivity index (χ1v) is 9.71. The number of nitrogens with two attached hydrogens (primary N) is 1. The highest BCUT2D eigenvalue weighted by Crippen LogP contribution is 2.19. The molecular formula is C19H19N5O3S. The number of fused-ring (bicyclic) bond motifs is 3. The fourth-order valence-corrected chi connectivity index (χ4v) is 4.04. The van der Waals surface area contributed by atoms with Crippen molar-refractivity contribution < 1.29 is 4.79 Å². The van der Waals surface area contributed by atoms with Gasteiger partial charge in [0.1, 0.15) is 11.2 Å². The van der Waals surface area contributed by atoms with E-state index in [1.165, 1.54) is 25.9 Å². The maximum atomic E-state index is 13.0. The number of hydrogen-bond acceptors (Lipinski definition) is 5. The minimum atomic E-state index is -0.676. The number of aromatic nitrogens is 4. The lowest BCUT2D eigenvalue weighted by Crippen LogP contribution is -2.29. The monoisotopic (exact) mass is 397 g/mol. The molecule has 4 rings (SSSR count). The van der Waals surface area contributed by atoms with Gasteiger partial charge in [0.25, 0.3) is 5.56 Å². The fourth-order valence-electron chi connectivity index (χ4n) is 3.22. The van der Waals surface area contributed by atoms with Crippen LogP contribution in [0.25, 0.3) is 16.0 Å². The summed E-state index contributed by atoms with van der Waals surface area (Å²) in [5.41, 5.74) is 7.11. The van der Waals surface area contributed by atoms with Crippen LogP contribution in [0.5, 0.6) is 0 Å². The SMILES string of the molecule is CC(C)c1ccc(Cn2c(=O)c3sccc3n3c(=O)n(CC(N)=O)nc23)cc1. The van der Waals surface area contributed by atoms with Crippen LogP contribution in [0.1, 0.15) is 30.9 Å². The third-order valence-corrected chi connectivity index (χ3v) is 5.57. The van der Waals surface area contributed by atoms with Gasteiger partial charge in [0.2, 0.25) is 11.7 Å². The quantitative estimate of drug-likeness (QED) is 0.551. The van der Waals surface area contributed by atoms with E-state index >= 15 is 0 Å². The van der Waals surface area contributed by atoms with Gasteiger partial charge >= 0.3 is 5.69 Å². The summed E-state index contributed by atoms with van der Waals surface area (Å²) in [6.45, 7) is 4.15. The second kappa shape index (κ2) is 6.75. The molecule has 0 saturated heterocycles. The van der Waals surface area contributed by atoms with E-state index < -0.39 is 11.6 Å². The normalized spacial score (nSPS) is 11.7. The first-order valence-electron chi connectivity index (χ1n) is 8.83. The summed E-state index contributed by atoms with van der Waals surface area (Å²) in [7, 11) is 0. The van der Waals surface area contributed by atoms with Crippen LogP contribution in [0.15, 0.2) is 45.3 Å². The summed E-state index contributed by atoms with van der Waals surface area (Å²) >= 11 is 1.27. The van der Waals surface area contributed by atoms with E-state index in [1.807, 2.05) is 24.3 Å². The Balaban J connectivity index is 1.93. The Labute approximate surface area is 163 Å². The zero-order valence-corrected chi connectivity index (χ0v) is 16.3. The molecule has 4 aromatic rings. The molecule has 9 heteroatoms. The van der Waals surface area contributed by atoms with Crippen LogP contribution in [-0.4, -0.2) is 24.7 Å². The van der Waals surface area contributed by atoms with E-state index in [9.17, 15) is 14.4 Å². The number of benzene rings is 1. The number of hydrogen-bond donors (Lipinski definition) is 1. The molecule has 144 valence electrons. The van der Waals surface area contributed by atoms with E-state index in [0.29, 0.717) is 16.1 Å². The molecule has 0 aliphatic rings. The number of amides is 1. The molecule has 2 N–H and O–H groups in total. The molecule has 3 heterocycles. The molecule has 0 aliphatic carbocycles. The summed E-state index contributed by atoms with van der Waals surface area (Å²) in [6.07, 6.45) is 0. The van der Waals surface area contributed by atoms with Crippen LogP contribution in [0, 0.1) is 0 Å². The molecule has 0 saturated carbocycles. The van der Waals surface area contributed by atoms with Crippen LogP contribution in [0.2, 0.25) is 0 Å². The van der Waals surface area contributed by atoms with E-state index in [0.717, 1.165) is 10.2 Å². The Morgan fingerprint density at radius 3 is 2.54 bits per heavy atom. The molecule has 0 radical (unpaired) electrons. The zero-order chi connectivity index (χ0) is 20.0. The first kappa shape index (κ1) is 18.2. The Morgan fingerprint density at radius 2 is 1.89 bits per heavy atom. The highest BCUT2D eigenvalue weighted by molar-refractivity contribution is 7.17. The molecule has 0 aliphatic heterocycles. The molecule has 0 unspecified atom stereocenters. The minimum absolute atomic E-state index is 0.190. The predicted molar refractivity (Wildman–Crippen MR) is 108 cm³/mol. The van der Waals surface area contributed by atoms with Gasteiger partial charge in [-0.15, -0.1) is 16.4 Å². The Bertz CT molecular complexity index is 1310. The number of thiophene rings is 1. The number of primary amides is 1. The van der Waals surface area contributed by atoms with Crippen LogP contribution in [0.3, 0.4) is 0 Å². The topological polar surface area (TPSA) is 104 Å². The summed E-state index contributed by atoms with van der Waals surface area (Å²) in [6, 6.07) is 9.70. The van der Waals surface area contributed by atoms with E-state index in [4.69, 9.17) is 5.73 Å². The van der Waals surface area contributed by atoms with Crippen LogP contribution in [-0.2, 0) is 17.9 Å². The lowest BCUT2D eigenvalue weighted by Gasteiger charge is -2.10. The van der Waals surface area contributed by atoms with Crippen molar-refractivity contribution in [2.24, 2.45) is 5.73 Å². The molecule has 0 atom stereocenters. The van der Waals surface area contributed by atoms with Crippen molar-refractivity contribution in [2.45, 2.75) is 32.9 Å². The van der Waals surface area contributed by atoms with Gasteiger partial charge in [0.05, 0.1) is 12.1 Å². The Kier molecular flexibility index (Phi) is 4.38. The maximum absolute atomic E-state index is 13.0. The van der Waals surface area contributed by atoms with Gasteiger partial charge in [-0.2, -0.15) is 0 Å². The summed E-state index contributed by atoms with van der Waals surface area (Å²) in [5.74, 6) is -0.0747. The lowest BCUT2D eigenvalue weighted by molar-refractivity contribution is -0.118. The van der Waals surface area contributed by atoms with Gasteiger partial charge in [0.15, 0.2) is 0 Å². The van der Waals surface area contributed by atoms with Gasteiger partial charge in [-0.05, 0) is 28.5 Å². The van der Waals surface area contributed by atoms with Crippen LogP contribution in [0.4, 0.5) is 0 Å². The van der Waals surface area contributed by atoms with E-state index in [1.54, 1.807) is 11.4 Å². The molecular weight excluding hydrogens is 378 g/mol. The smallest absolute Gasteiger partial charge is 0.352 e. The average Bonchev–Trinajstić information content (AvgIpc) is 3.24. The number of carbonyl (C=O) groups excluding carboxylic acids is 1. The van der Waals surface area contributed by atoms with Crippen molar-refractivity contribution in [3.8, 4) is 0 Å². The minimum Gasteiger partial charge on any atom is -0.368 e. The van der Waals surface area contributed by atoms with E-state index in [-0.39, 0.29) is 24.4 Å². The lowest BCUT2D eigenvalue weighted by atomic mass is 10.0. The predicted octanol–water partition coefficient (Wildman–Crippen LogP) is 1.53. The van der Waals surface area contributed by atoms with E-state index in [2.05, 4.69) is 18.9 Å². The second-order valence-corrected chi connectivity index (χ2v) is 7.88. The molecule has 3 aromatic heterocycles. The number of carbonyl (C=O) groups is 1. The molecule has 8 nitrogen and oxygen atoms in total. The van der Waals surface area contributed by atoms with Gasteiger partial charge in [0, 0.05) is 0 Å². The fraction of sp³-hybridized carbons (Fsp3) is 0.263. The largest absolute Gasteiger partial charge is 0.368 e. The summed E-state index contributed by atoms with van der Waals surface area (Å²) in [5, 5.41) is 5.97. The molecule has 1 amide bonds. The highest BCUT2D eigenvalue weighted by Gasteiger charge is 2.19. The van der Waals surface area contributed by atoms with Gasteiger partial charge in [-0.1, -0.05) is 38.1 Å². The van der Waals surface area contributed by atoms with Crippen molar-refractivity contribution in [1.29, 1.82) is 0 Å². The highest BCUT2D eigenvalue weighted by atomic mass is 32.1. The molecule has 0 spiro atoms. The van der Waals surface area contributed by atoms with Crippen molar-refractivity contribution in [3.63, 3.8) is 0 Å². The molecule has 28 heavy (non-hydrogen) atoms. The summed E-state index contributed by atoms with van der Waals surface area (Å²) in [4.78, 5) is 37.1. The third-order valence-electron chi connectivity index (χ3n) is 4.68. The van der Waals surface area contributed by atoms with Crippen molar-refractivity contribution in [3.05, 3.63) is 67.7 Å². The summed E-state index contributed by atoms with van der Waals surface area (Å²) < 4.78 is 4.28. The van der Waals surface area contributed by atoms with Crippen molar-refractivity contribution in [2.75, 3.05) is 0 Å². The Morgan fingerprint density at radius 1 is 1.18 bits per heavy atom. The second-order valence-electron chi connectivity index (χ2n) is 6.96. The van der Waals surface area contributed by atoms with Gasteiger partial charge in [-0.25, -0.2) is 13.9 Å². The molecule has 0 bridgehead atoms. The number of nitrogens with zero attached hydrogens (tertiary/aromatic N) is 4.